The molecule has 0 saturated carbocycles. The van der Waals surface area contributed by atoms with E-state index < -0.39 is 0 Å². The van der Waals surface area contributed by atoms with Gasteiger partial charge in [0.2, 0.25) is 11.8 Å². The largest absolute Gasteiger partial charge is 0.496 e. The lowest BCUT2D eigenvalue weighted by Gasteiger charge is -2.11. The molecule has 0 aliphatic heterocycles. The number of aryl methyl sites for hydroxylation is 1. The number of nitrogens with one attached hydrogen (secondary N) is 1. The average Bonchev–Trinajstić information content (AvgIpc) is 3.18. The van der Waals surface area contributed by atoms with E-state index in [1.54, 1.807) is 25.3 Å². The molecule has 0 bridgehead atoms. The molecule has 1 heterocycles. The minimum atomic E-state index is -0.253. The molecule has 30 heavy (non-hydrogen) atoms. The minimum Gasteiger partial charge on any atom is -0.496 e. The van der Waals surface area contributed by atoms with Gasteiger partial charge in [-0.3, -0.25) is 10.1 Å². The van der Waals surface area contributed by atoms with Gasteiger partial charge in [-0.05, 0) is 56.2 Å². The van der Waals surface area contributed by atoms with E-state index in [0.29, 0.717) is 30.3 Å². The molecule has 0 unspecified atom stereocenters. The molecule has 8 nitrogen and oxygen atoms in total. The maximum absolute atomic E-state index is 12.3. The van der Waals surface area contributed by atoms with Crippen LogP contribution >= 0.6 is 0 Å². The van der Waals surface area contributed by atoms with Gasteiger partial charge in [0.25, 0.3) is 0 Å². The van der Waals surface area contributed by atoms with Crippen molar-refractivity contribution in [3.8, 4) is 28.7 Å². The third-order valence-corrected chi connectivity index (χ3v) is 4.29. The number of carbonyl (C=O) groups excluding carboxylic acids is 1. The van der Waals surface area contributed by atoms with E-state index in [4.69, 9.17) is 18.6 Å². The van der Waals surface area contributed by atoms with Crippen LogP contribution in [-0.2, 0) is 11.2 Å². The number of hydrogen-bond donors (Lipinski definition) is 1. The van der Waals surface area contributed by atoms with Crippen LogP contribution in [0.1, 0.15) is 25.0 Å². The van der Waals surface area contributed by atoms with Crippen molar-refractivity contribution in [1.82, 2.24) is 10.2 Å². The second-order valence-corrected chi connectivity index (χ2v) is 6.47. The van der Waals surface area contributed by atoms with E-state index in [1.807, 2.05) is 39.0 Å². The monoisotopic (exact) mass is 411 g/mol. The molecule has 0 radical (unpaired) electrons. The van der Waals surface area contributed by atoms with E-state index in [2.05, 4.69) is 15.5 Å². The fraction of sp³-hybridized carbons (Fsp3) is 0.318. The van der Waals surface area contributed by atoms with Crippen LogP contribution in [0.5, 0.6) is 17.2 Å². The van der Waals surface area contributed by atoms with Gasteiger partial charge in [-0.25, -0.2) is 0 Å². The van der Waals surface area contributed by atoms with Crippen LogP contribution in [0.2, 0.25) is 0 Å². The number of benzene rings is 2. The molecule has 1 aromatic heterocycles. The number of anilines is 1. The van der Waals surface area contributed by atoms with Gasteiger partial charge in [-0.2, -0.15) is 0 Å². The van der Waals surface area contributed by atoms with E-state index in [9.17, 15) is 4.79 Å². The molecular formula is C22H25N3O5. The van der Waals surface area contributed by atoms with Crippen molar-refractivity contribution in [2.24, 2.45) is 0 Å². The Morgan fingerprint density at radius 2 is 1.73 bits per heavy atom. The zero-order valence-electron chi connectivity index (χ0n) is 17.5. The second kappa shape index (κ2) is 9.78. The Balaban J connectivity index is 1.69. The van der Waals surface area contributed by atoms with Crippen LogP contribution in [0.3, 0.4) is 0 Å². The Hall–Kier alpha value is -3.55. The molecule has 0 aliphatic rings. The summed E-state index contributed by atoms with van der Waals surface area (Å²) in [6, 6.07) is 11.0. The summed E-state index contributed by atoms with van der Waals surface area (Å²) in [5.41, 5.74) is 2.49. The van der Waals surface area contributed by atoms with Gasteiger partial charge in [-0.1, -0.05) is 17.2 Å². The molecule has 0 fully saturated rings. The fourth-order valence-electron chi connectivity index (χ4n) is 2.97. The molecular weight excluding hydrogens is 386 g/mol. The second-order valence-electron chi connectivity index (χ2n) is 6.47. The number of hydrogen-bond acceptors (Lipinski definition) is 7. The molecule has 0 spiro atoms. The van der Waals surface area contributed by atoms with Crippen molar-refractivity contribution >= 4 is 11.9 Å². The Bertz CT molecular complexity index is 1020. The molecule has 0 saturated heterocycles. The van der Waals surface area contributed by atoms with Crippen LogP contribution in [-0.4, -0.2) is 36.4 Å². The maximum Gasteiger partial charge on any atom is 0.322 e. The highest BCUT2D eigenvalue weighted by molar-refractivity contribution is 5.90. The van der Waals surface area contributed by atoms with E-state index >= 15 is 0 Å². The number of methoxy groups -OCH3 is 1. The molecule has 3 aromatic rings. The van der Waals surface area contributed by atoms with Crippen LogP contribution in [0, 0.1) is 6.92 Å². The molecule has 158 valence electrons. The minimum absolute atomic E-state index is 0.0343. The summed E-state index contributed by atoms with van der Waals surface area (Å²) in [5.74, 6) is 2.04. The van der Waals surface area contributed by atoms with Gasteiger partial charge in [0.1, 0.15) is 5.75 Å². The van der Waals surface area contributed by atoms with Crippen LogP contribution in [0.4, 0.5) is 6.01 Å². The third-order valence-electron chi connectivity index (χ3n) is 4.29. The van der Waals surface area contributed by atoms with Crippen molar-refractivity contribution in [2.75, 3.05) is 25.6 Å². The van der Waals surface area contributed by atoms with Gasteiger partial charge in [0.15, 0.2) is 11.5 Å². The van der Waals surface area contributed by atoms with Gasteiger partial charge in [0, 0.05) is 5.56 Å². The summed E-state index contributed by atoms with van der Waals surface area (Å²) in [5, 5.41) is 10.6. The van der Waals surface area contributed by atoms with Crippen LogP contribution in [0.25, 0.3) is 11.5 Å². The number of aromatic nitrogens is 2. The van der Waals surface area contributed by atoms with Gasteiger partial charge < -0.3 is 18.6 Å². The van der Waals surface area contributed by atoms with Gasteiger partial charge >= 0.3 is 6.01 Å². The quantitative estimate of drug-likeness (QED) is 0.568. The predicted octanol–water partition coefficient (Wildman–Crippen LogP) is 4.03. The van der Waals surface area contributed by atoms with E-state index in [-0.39, 0.29) is 24.2 Å². The number of carbonyl (C=O) groups is 1. The van der Waals surface area contributed by atoms with Gasteiger partial charge in [-0.15, -0.1) is 5.10 Å². The molecule has 0 aliphatic carbocycles. The first-order valence-corrected chi connectivity index (χ1v) is 9.70. The first-order valence-electron chi connectivity index (χ1n) is 9.70. The summed E-state index contributed by atoms with van der Waals surface area (Å²) >= 11 is 0. The molecule has 2 aromatic carbocycles. The number of rotatable bonds is 9. The van der Waals surface area contributed by atoms with E-state index in [1.165, 1.54) is 0 Å². The smallest absolute Gasteiger partial charge is 0.322 e. The van der Waals surface area contributed by atoms with Crippen molar-refractivity contribution in [2.45, 2.75) is 27.2 Å². The van der Waals surface area contributed by atoms with Crippen molar-refractivity contribution in [1.29, 1.82) is 0 Å². The zero-order valence-corrected chi connectivity index (χ0v) is 17.5. The maximum atomic E-state index is 12.3. The first-order chi connectivity index (χ1) is 14.5. The fourth-order valence-corrected chi connectivity index (χ4v) is 2.97. The standard InChI is InChI=1S/C22H25N3O5/c1-5-28-18-10-8-16(13-19(18)29-6-2)21-24-25-22(30-21)23-20(26)12-15-7-9-17(27-4)14(3)11-15/h7-11,13H,5-6,12H2,1-4H3,(H,23,25,26). The Morgan fingerprint density at radius 1 is 1.00 bits per heavy atom. The highest BCUT2D eigenvalue weighted by Gasteiger charge is 2.15. The first kappa shape index (κ1) is 21.2. The Morgan fingerprint density at radius 3 is 2.43 bits per heavy atom. The molecule has 1 amide bonds. The molecule has 0 atom stereocenters. The average molecular weight is 411 g/mol. The Labute approximate surface area is 175 Å². The normalized spacial score (nSPS) is 10.5. The van der Waals surface area contributed by atoms with Crippen molar-refractivity contribution < 1.29 is 23.4 Å². The molecule has 8 heteroatoms. The zero-order chi connectivity index (χ0) is 21.5. The lowest BCUT2D eigenvalue weighted by molar-refractivity contribution is -0.115. The summed E-state index contributed by atoms with van der Waals surface area (Å²) in [7, 11) is 1.61. The summed E-state index contributed by atoms with van der Waals surface area (Å²) < 4.78 is 22.0. The van der Waals surface area contributed by atoms with E-state index in [0.717, 1.165) is 16.9 Å². The van der Waals surface area contributed by atoms with Crippen molar-refractivity contribution in [3.63, 3.8) is 0 Å². The topological polar surface area (TPSA) is 95.7 Å². The third kappa shape index (κ3) is 5.08. The van der Waals surface area contributed by atoms with Crippen LogP contribution in [0.15, 0.2) is 40.8 Å². The molecule has 1 N–H and O–H groups in total. The van der Waals surface area contributed by atoms with Gasteiger partial charge in [0.05, 0.1) is 26.7 Å². The van der Waals surface area contributed by atoms with Crippen LogP contribution < -0.4 is 19.5 Å². The lowest BCUT2D eigenvalue weighted by atomic mass is 10.1. The summed E-state index contributed by atoms with van der Waals surface area (Å²) in [6.07, 6.45) is 0.181. The summed E-state index contributed by atoms with van der Waals surface area (Å²) in [4.78, 5) is 12.3. The molecule has 3 rings (SSSR count). The number of ether oxygens (including phenoxy) is 3. The highest BCUT2D eigenvalue weighted by atomic mass is 16.5. The van der Waals surface area contributed by atoms with Crippen molar-refractivity contribution in [3.05, 3.63) is 47.5 Å². The SMILES string of the molecule is CCOc1ccc(-c2nnc(NC(=O)Cc3ccc(OC)c(C)c3)o2)cc1OCC. The highest BCUT2D eigenvalue weighted by Crippen LogP contribution is 2.32. The Kier molecular flexibility index (Phi) is 6.90. The summed E-state index contributed by atoms with van der Waals surface area (Å²) in [6.45, 7) is 6.76. The number of nitrogens with zero attached hydrogens (tertiary/aromatic N) is 2. The number of amides is 1. The predicted molar refractivity (Wildman–Crippen MR) is 112 cm³/mol. The lowest BCUT2D eigenvalue weighted by Crippen LogP contribution is -2.14.